The molecule has 4 aliphatic rings. The fourth-order valence-corrected chi connectivity index (χ4v) is 5.55. The fourth-order valence-electron chi connectivity index (χ4n) is 5.55. The van der Waals surface area contributed by atoms with Gasteiger partial charge in [0.1, 0.15) is 79.4 Å². The maximum Gasteiger partial charge on any atom is 0.187 e. The monoisotopic (exact) mass is 648 g/mol. The van der Waals surface area contributed by atoms with E-state index in [9.17, 15) is 56.2 Å². The van der Waals surface area contributed by atoms with Crippen molar-refractivity contribution < 1.29 is 89.3 Å². The summed E-state index contributed by atoms with van der Waals surface area (Å²) in [7, 11) is 0. The highest BCUT2D eigenvalue weighted by molar-refractivity contribution is 4.99. The maximum absolute atomic E-state index is 11.1. The molecule has 44 heavy (non-hydrogen) atoms. The summed E-state index contributed by atoms with van der Waals surface area (Å²) in [6, 6.07) is -2.80. The van der Waals surface area contributed by atoms with Crippen LogP contribution in [0.15, 0.2) is 0 Å². The molecule has 0 bridgehead atoms. The zero-order chi connectivity index (χ0) is 32.6. The van der Waals surface area contributed by atoms with Crippen molar-refractivity contribution in [1.29, 1.82) is 0 Å². The Bertz CT molecular complexity index is 909. The van der Waals surface area contributed by atoms with Gasteiger partial charge in [0.05, 0.1) is 38.0 Å². The van der Waals surface area contributed by atoms with Crippen molar-refractivity contribution in [3.63, 3.8) is 0 Å². The van der Waals surface area contributed by atoms with Crippen LogP contribution in [-0.4, -0.2) is 199 Å². The zero-order valence-corrected chi connectivity index (χ0v) is 23.6. The molecule has 0 spiro atoms. The second-order valence-corrected chi connectivity index (χ2v) is 11.3. The van der Waals surface area contributed by atoms with Crippen LogP contribution in [0.4, 0.5) is 0 Å². The molecule has 20 atom stereocenters. The van der Waals surface area contributed by atoms with Crippen molar-refractivity contribution in [1.82, 2.24) is 0 Å². The smallest absolute Gasteiger partial charge is 0.187 e. The molecule has 0 radical (unpaired) electrons. The lowest BCUT2D eigenvalue weighted by molar-refractivity contribution is -0.385. The summed E-state index contributed by atoms with van der Waals surface area (Å²) in [6.45, 7) is -0.932. The number of rotatable bonds is 9. The van der Waals surface area contributed by atoms with E-state index >= 15 is 0 Å². The highest BCUT2D eigenvalue weighted by Crippen LogP contribution is 2.34. The fraction of sp³-hybridized carbons (Fsp3) is 1.00. The molecule has 4 aliphatic heterocycles. The van der Waals surface area contributed by atoms with Gasteiger partial charge in [0.15, 0.2) is 25.2 Å². The number of nitrogens with two attached hydrogens (primary N) is 2. The van der Waals surface area contributed by atoms with Crippen molar-refractivity contribution in [2.45, 2.75) is 130 Å². The Morgan fingerprint density at radius 1 is 0.477 bits per heavy atom. The number of aliphatic hydroxyl groups excluding tert-OH is 11. The number of hydrogen-bond acceptors (Lipinski definition) is 20. The van der Waals surface area contributed by atoms with Gasteiger partial charge in [-0.3, -0.25) is 0 Å². The van der Waals surface area contributed by atoms with Crippen molar-refractivity contribution in [2.24, 2.45) is 11.5 Å². The van der Waals surface area contributed by atoms with Crippen molar-refractivity contribution in [3.05, 3.63) is 0 Å². The Labute approximate surface area is 250 Å². The van der Waals surface area contributed by atoms with Crippen LogP contribution in [0.3, 0.4) is 0 Å². The van der Waals surface area contributed by atoms with Gasteiger partial charge in [-0.2, -0.15) is 0 Å². The minimum Gasteiger partial charge on any atom is -0.394 e. The lowest BCUT2D eigenvalue weighted by atomic mass is 9.94. The van der Waals surface area contributed by atoms with Crippen LogP contribution in [0.2, 0.25) is 0 Å². The van der Waals surface area contributed by atoms with E-state index in [4.69, 9.17) is 44.6 Å². The molecule has 20 heteroatoms. The van der Waals surface area contributed by atoms with E-state index in [0.29, 0.717) is 0 Å². The van der Waals surface area contributed by atoms with Gasteiger partial charge >= 0.3 is 0 Å². The van der Waals surface area contributed by atoms with E-state index in [2.05, 4.69) is 0 Å². The molecule has 0 saturated carbocycles. The second-order valence-electron chi connectivity index (χ2n) is 11.3. The highest BCUT2D eigenvalue weighted by atomic mass is 16.8. The third-order valence-corrected chi connectivity index (χ3v) is 8.33. The molecule has 0 unspecified atom stereocenters. The van der Waals surface area contributed by atoms with Crippen molar-refractivity contribution in [3.8, 4) is 0 Å². The lowest BCUT2D eigenvalue weighted by Crippen LogP contribution is -2.69. The molecule has 4 heterocycles. The van der Waals surface area contributed by atoms with Crippen LogP contribution < -0.4 is 11.5 Å². The van der Waals surface area contributed by atoms with Crippen molar-refractivity contribution >= 4 is 0 Å². The van der Waals surface area contributed by atoms with E-state index in [1.165, 1.54) is 6.92 Å². The van der Waals surface area contributed by atoms with E-state index in [-0.39, 0.29) is 0 Å². The zero-order valence-electron chi connectivity index (χ0n) is 23.6. The number of aliphatic hydroxyl groups is 11. The molecule has 0 amide bonds. The minimum atomic E-state index is -1.86. The summed E-state index contributed by atoms with van der Waals surface area (Å²) in [5.74, 6) is 0. The summed E-state index contributed by atoms with van der Waals surface area (Å²) >= 11 is 0. The SMILES string of the molecule is C[C@@H]1O[C@@H](O[C@H]2[C@H](O[C@H]3[C@H](O)[C@@H](N)[C@H](O[C@@H]4[C@@H](N)[C@@H](O)O[C@H](CO)[C@@H]4O)O[C@@H]3CO)O[C@H](CO)[C@H](O)[C@@H]2O)[C@@H](O)[C@H](O)[C@@H]1O. The Balaban J connectivity index is 1.52. The topological polar surface area (TPSA) is 339 Å². The first-order valence-corrected chi connectivity index (χ1v) is 14.1. The van der Waals surface area contributed by atoms with Gasteiger partial charge in [0, 0.05) is 0 Å². The first-order chi connectivity index (χ1) is 20.7. The highest BCUT2D eigenvalue weighted by Gasteiger charge is 2.54. The summed E-state index contributed by atoms with van der Waals surface area (Å²) in [5.41, 5.74) is 12.1. The molecular weight excluding hydrogens is 604 g/mol. The first kappa shape index (κ1) is 36.0. The third-order valence-electron chi connectivity index (χ3n) is 8.33. The van der Waals surface area contributed by atoms with Gasteiger partial charge in [-0.25, -0.2) is 0 Å². The Morgan fingerprint density at radius 2 is 1.02 bits per heavy atom. The van der Waals surface area contributed by atoms with Gasteiger partial charge < -0.3 is 101 Å². The quantitative estimate of drug-likeness (QED) is 0.110. The molecule has 0 aromatic carbocycles. The predicted molar refractivity (Wildman–Crippen MR) is 136 cm³/mol. The minimum absolute atomic E-state index is 0.693. The van der Waals surface area contributed by atoms with Crippen molar-refractivity contribution in [2.75, 3.05) is 19.8 Å². The summed E-state index contributed by atoms with van der Waals surface area (Å²) in [4.78, 5) is 0. The largest absolute Gasteiger partial charge is 0.394 e. The Hall–Kier alpha value is -0.800. The third kappa shape index (κ3) is 7.05. The second kappa shape index (κ2) is 15.0. The lowest BCUT2D eigenvalue weighted by Gasteiger charge is -2.49. The molecule has 15 N–H and O–H groups in total. The number of hydrogen-bond donors (Lipinski definition) is 13. The Kier molecular flexibility index (Phi) is 12.3. The van der Waals surface area contributed by atoms with Crippen LogP contribution in [0.5, 0.6) is 0 Å². The van der Waals surface area contributed by atoms with Gasteiger partial charge in [-0.05, 0) is 6.92 Å². The van der Waals surface area contributed by atoms with Gasteiger partial charge in [-0.1, -0.05) is 0 Å². The molecule has 20 nitrogen and oxygen atoms in total. The standard InChI is InChI=1S/C24H44N2O18/c1-5-11(30)15(34)17(36)23(38-5)44-20-16(35)12(31)6(2-27)40-24(20)42-18-8(4-29)41-22(9(25)14(18)33)43-19-10(26)21(37)39-7(3-28)13(19)32/h5-24,27-37H,2-4,25-26H2,1H3/t5-,6+,7+,8+,9+,10+,11+,12-,13-,14+,15+,16-,17-,18+,19+,20+,21-,22-,23-,24-/m0/s1. The predicted octanol–water partition coefficient (Wildman–Crippen LogP) is -8.79. The van der Waals surface area contributed by atoms with E-state index in [1.54, 1.807) is 0 Å². The van der Waals surface area contributed by atoms with Crippen LogP contribution in [-0.2, 0) is 33.2 Å². The summed E-state index contributed by atoms with van der Waals surface area (Å²) < 4.78 is 38.9. The molecule has 4 saturated heterocycles. The van der Waals surface area contributed by atoms with Crippen LogP contribution >= 0.6 is 0 Å². The average molecular weight is 649 g/mol. The van der Waals surface area contributed by atoms with E-state index in [1.807, 2.05) is 0 Å². The molecule has 0 aromatic heterocycles. The molecule has 0 aliphatic carbocycles. The van der Waals surface area contributed by atoms with E-state index in [0.717, 1.165) is 0 Å². The van der Waals surface area contributed by atoms with Gasteiger partial charge in [0.2, 0.25) is 0 Å². The van der Waals surface area contributed by atoms with Crippen LogP contribution in [0.25, 0.3) is 0 Å². The first-order valence-electron chi connectivity index (χ1n) is 14.1. The molecule has 4 rings (SSSR count). The molecular formula is C24H44N2O18. The molecule has 0 aromatic rings. The summed E-state index contributed by atoms with van der Waals surface area (Å²) in [5, 5.41) is 113. The number of ether oxygens (including phenoxy) is 7. The Morgan fingerprint density at radius 3 is 1.64 bits per heavy atom. The van der Waals surface area contributed by atoms with Gasteiger partial charge in [0.25, 0.3) is 0 Å². The molecule has 4 fully saturated rings. The van der Waals surface area contributed by atoms with E-state index < -0.39 is 143 Å². The average Bonchev–Trinajstić information content (AvgIpc) is 3.01. The normalized spacial score (nSPS) is 53.9. The van der Waals surface area contributed by atoms with Gasteiger partial charge in [-0.15, -0.1) is 0 Å². The van der Waals surface area contributed by atoms with Crippen LogP contribution in [0, 0.1) is 0 Å². The van der Waals surface area contributed by atoms with Crippen LogP contribution in [0.1, 0.15) is 6.92 Å². The molecule has 258 valence electrons. The maximum atomic E-state index is 11.1. The summed E-state index contributed by atoms with van der Waals surface area (Å²) in [6.07, 6.45) is -28.4.